The molecule has 0 atom stereocenters. The lowest BCUT2D eigenvalue weighted by Gasteiger charge is -2.27. The Kier molecular flexibility index (Phi) is 2.47. The molecule has 0 radical (unpaired) electrons. The molecule has 0 aromatic carbocycles. The van der Waals surface area contributed by atoms with Crippen LogP contribution in [0.5, 0.6) is 0 Å². The van der Waals surface area contributed by atoms with Crippen molar-refractivity contribution in [1.82, 2.24) is 9.03 Å². The van der Waals surface area contributed by atoms with Gasteiger partial charge in [-0.15, -0.1) is 0 Å². The smallest absolute Gasteiger partial charge is 0.324 e. The van der Waals surface area contributed by atoms with Crippen LogP contribution in [0.1, 0.15) is 6.92 Å². The van der Waals surface area contributed by atoms with E-state index >= 15 is 0 Å². The van der Waals surface area contributed by atoms with Gasteiger partial charge in [0.1, 0.15) is 5.84 Å². The molecule has 1 rings (SSSR count). The second-order valence-electron chi connectivity index (χ2n) is 2.56. The molecule has 1 amide bonds. The van der Waals surface area contributed by atoms with E-state index < -0.39 is 22.0 Å². The Balaban J connectivity index is 3.18. The number of carbonyl (C=O) groups excluding carboxylic acids is 1. The summed E-state index contributed by atoms with van der Waals surface area (Å²) < 4.78 is 25.3. The molecule has 14 heavy (non-hydrogen) atoms. The highest BCUT2D eigenvalue weighted by molar-refractivity contribution is 7.87. The Labute approximate surface area is 81.3 Å². The summed E-state index contributed by atoms with van der Waals surface area (Å²) in [7, 11) is -3.71. The van der Waals surface area contributed by atoms with Gasteiger partial charge in [0.25, 0.3) is 5.91 Å². The van der Waals surface area contributed by atoms with E-state index in [2.05, 4.69) is 0 Å². The molecule has 4 N–H and O–H groups in total. The highest BCUT2D eigenvalue weighted by atomic mass is 32.2. The van der Waals surface area contributed by atoms with Crippen LogP contribution < -0.4 is 10.5 Å². The van der Waals surface area contributed by atoms with Crippen molar-refractivity contribution in [3.05, 3.63) is 11.8 Å². The second-order valence-corrected chi connectivity index (χ2v) is 4.19. The number of amides is 1. The maximum atomic E-state index is 11.3. The van der Waals surface area contributed by atoms with Crippen LogP contribution in [0.25, 0.3) is 0 Å². The number of rotatable bonds is 2. The Bertz CT molecular complexity index is 411. The first-order valence-corrected chi connectivity index (χ1v) is 5.23. The van der Waals surface area contributed by atoms with Gasteiger partial charge in [-0.3, -0.25) is 14.9 Å². The average Bonchev–Trinajstić information content (AvgIpc) is 2.02. The minimum absolute atomic E-state index is 0.0682. The maximum Gasteiger partial charge on any atom is 0.324 e. The van der Waals surface area contributed by atoms with Crippen molar-refractivity contribution >= 4 is 22.0 Å². The van der Waals surface area contributed by atoms with Gasteiger partial charge in [0.05, 0.1) is 5.57 Å². The SMILES string of the molecule is CCN1C(=N)C(C(N)=O)=CNS1(=O)=O. The number of hydrogen-bond acceptors (Lipinski definition) is 4. The van der Waals surface area contributed by atoms with Gasteiger partial charge in [0, 0.05) is 12.7 Å². The molecule has 0 fully saturated rings. The Morgan fingerprint density at radius 3 is 2.71 bits per heavy atom. The van der Waals surface area contributed by atoms with E-state index in [1.165, 1.54) is 0 Å². The van der Waals surface area contributed by atoms with E-state index in [4.69, 9.17) is 11.1 Å². The molecule has 1 heterocycles. The lowest BCUT2D eigenvalue weighted by atomic mass is 10.2. The number of amidine groups is 1. The summed E-state index contributed by atoms with van der Waals surface area (Å²) in [5.41, 5.74) is 4.80. The van der Waals surface area contributed by atoms with Crippen LogP contribution in [0.3, 0.4) is 0 Å². The van der Waals surface area contributed by atoms with Gasteiger partial charge in [-0.05, 0) is 6.92 Å². The first kappa shape index (κ1) is 10.5. The predicted octanol–water partition coefficient (Wildman–Crippen LogP) is -1.50. The summed E-state index contributed by atoms with van der Waals surface area (Å²) in [6.45, 7) is 1.62. The number of nitrogens with zero attached hydrogens (tertiary/aromatic N) is 1. The van der Waals surface area contributed by atoms with Gasteiger partial charge < -0.3 is 5.73 Å². The van der Waals surface area contributed by atoms with E-state index in [0.717, 1.165) is 10.5 Å². The molecule has 0 saturated heterocycles. The zero-order valence-corrected chi connectivity index (χ0v) is 8.26. The van der Waals surface area contributed by atoms with Gasteiger partial charge in [-0.1, -0.05) is 0 Å². The molecule has 0 aromatic rings. The fourth-order valence-electron chi connectivity index (χ4n) is 1.04. The molecule has 1 aliphatic rings. The van der Waals surface area contributed by atoms with Crippen molar-refractivity contribution < 1.29 is 13.2 Å². The van der Waals surface area contributed by atoms with Crippen LogP contribution in [-0.2, 0) is 15.0 Å². The normalized spacial score (nSPS) is 19.9. The van der Waals surface area contributed by atoms with Crippen molar-refractivity contribution in [1.29, 1.82) is 5.41 Å². The number of hydrogen-bond donors (Lipinski definition) is 3. The van der Waals surface area contributed by atoms with Gasteiger partial charge in [-0.2, -0.15) is 8.42 Å². The predicted molar refractivity (Wildman–Crippen MR) is 49.4 cm³/mol. The number of carbonyl (C=O) groups is 1. The summed E-state index contributed by atoms with van der Waals surface area (Å²) in [4.78, 5) is 10.8. The molecule has 8 heteroatoms. The molecular weight excluding hydrogens is 208 g/mol. The minimum Gasteiger partial charge on any atom is -0.365 e. The third kappa shape index (κ3) is 1.55. The fraction of sp³-hybridized carbons (Fsp3) is 0.333. The first-order chi connectivity index (χ1) is 6.40. The zero-order valence-electron chi connectivity index (χ0n) is 7.44. The Morgan fingerprint density at radius 2 is 2.29 bits per heavy atom. The molecule has 0 bridgehead atoms. The van der Waals surface area contributed by atoms with Crippen LogP contribution in [-0.4, -0.2) is 31.0 Å². The molecular formula is C6H10N4O3S. The summed E-state index contributed by atoms with van der Waals surface area (Å²) in [6.07, 6.45) is 0.923. The van der Waals surface area contributed by atoms with Crippen molar-refractivity contribution in [3.63, 3.8) is 0 Å². The summed E-state index contributed by atoms with van der Waals surface area (Å²) >= 11 is 0. The van der Waals surface area contributed by atoms with Crippen molar-refractivity contribution in [3.8, 4) is 0 Å². The molecule has 0 aromatic heterocycles. The highest BCUT2D eigenvalue weighted by Gasteiger charge is 2.31. The van der Waals surface area contributed by atoms with E-state index in [1.54, 1.807) is 6.92 Å². The van der Waals surface area contributed by atoms with Gasteiger partial charge in [0.2, 0.25) is 0 Å². The van der Waals surface area contributed by atoms with Crippen LogP contribution in [0.4, 0.5) is 0 Å². The molecule has 0 aliphatic carbocycles. The third-order valence-electron chi connectivity index (χ3n) is 1.70. The number of nitrogens with two attached hydrogens (primary N) is 1. The molecule has 7 nitrogen and oxygen atoms in total. The summed E-state index contributed by atoms with van der Waals surface area (Å²) in [5, 5.41) is 7.43. The van der Waals surface area contributed by atoms with E-state index in [9.17, 15) is 13.2 Å². The molecule has 0 unspecified atom stereocenters. The lowest BCUT2D eigenvalue weighted by molar-refractivity contribution is -0.114. The Morgan fingerprint density at radius 1 is 1.71 bits per heavy atom. The monoisotopic (exact) mass is 218 g/mol. The van der Waals surface area contributed by atoms with Crippen LogP contribution in [0, 0.1) is 5.41 Å². The maximum absolute atomic E-state index is 11.3. The van der Waals surface area contributed by atoms with E-state index in [-0.39, 0.29) is 12.1 Å². The fourth-order valence-corrected chi connectivity index (χ4v) is 2.11. The summed E-state index contributed by atoms with van der Waals surface area (Å²) in [5.74, 6) is -1.24. The molecule has 78 valence electrons. The van der Waals surface area contributed by atoms with Crippen LogP contribution in [0.2, 0.25) is 0 Å². The highest BCUT2D eigenvalue weighted by Crippen LogP contribution is 2.11. The van der Waals surface area contributed by atoms with Gasteiger partial charge in [-0.25, -0.2) is 4.31 Å². The molecule has 1 aliphatic heterocycles. The van der Waals surface area contributed by atoms with Crippen molar-refractivity contribution in [2.75, 3.05) is 6.54 Å². The number of primary amides is 1. The van der Waals surface area contributed by atoms with Crippen molar-refractivity contribution in [2.45, 2.75) is 6.92 Å². The molecule has 0 spiro atoms. The summed E-state index contributed by atoms with van der Waals surface area (Å²) in [6, 6.07) is 0. The van der Waals surface area contributed by atoms with E-state index in [0.29, 0.717) is 0 Å². The topological polar surface area (TPSA) is 116 Å². The second kappa shape index (κ2) is 3.29. The van der Waals surface area contributed by atoms with Gasteiger partial charge in [0.15, 0.2) is 0 Å². The Hall–Kier alpha value is -1.57. The van der Waals surface area contributed by atoms with E-state index in [1.807, 2.05) is 4.72 Å². The largest absolute Gasteiger partial charge is 0.365 e. The molecule has 0 saturated carbocycles. The van der Waals surface area contributed by atoms with Gasteiger partial charge >= 0.3 is 10.2 Å². The first-order valence-electron chi connectivity index (χ1n) is 3.79. The van der Waals surface area contributed by atoms with Crippen molar-refractivity contribution in [2.24, 2.45) is 5.73 Å². The minimum atomic E-state index is -3.71. The third-order valence-corrected chi connectivity index (χ3v) is 3.14. The standard InChI is InChI=1S/C6H10N4O3S/c1-2-10-5(7)4(6(8)11)3-9-14(10,12)13/h3,7,9H,2H2,1H3,(H2,8,11). The lowest BCUT2D eigenvalue weighted by Crippen LogP contribution is -2.48. The zero-order chi connectivity index (χ0) is 10.9. The van der Waals surface area contributed by atoms with Crippen LogP contribution >= 0.6 is 0 Å². The number of likely N-dealkylation sites (N-methyl/N-ethyl adjacent to an activating group) is 1. The average molecular weight is 218 g/mol. The number of nitrogens with one attached hydrogen (secondary N) is 2. The quantitative estimate of drug-likeness (QED) is 0.523. The van der Waals surface area contributed by atoms with Crippen LogP contribution in [0.15, 0.2) is 11.8 Å².